The van der Waals surface area contributed by atoms with Gasteiger partial charge in [-0.2, -0.15) is 0 Å². The smallest absolute Gasteiger partial charge is 0.146 e. The van der Waals surface area contributed by atoms with Crippen molar-refractivity contribution in [3.63, 3.8) is 0 Å². The van der Waals surface area contributed by atoms with E-state index in [1.165, 1.54) is 25.7 Å². The van der Waals surface area contributed by atoms with Crippen LogP contribution in [0, 0.1) is 0 Å². The fourth-order valence-corrected chi connectivity index (χ4v) is 2.09. The molecule has 0 aromatic carbocycles. The monoisotopic (exact) mass is 194 g/mol. The average molecular weight is 194 g/mol. The zero-order chi connectivity index (χ0) is 10.0. The van der Waals surface area contributed by atoms with Crippen molar-refractivity contribution in [1.82, 2.24) is 20.1 Å². The molecule has 14 heavy (non-hydrogen) atoms. The lowest BCUT2D eigenvalue weighted by molar-refractivity contribution is 0.356. The Labute approximate surface area is 84.7 Å². The van der Waals surface area contributed by atoms with Crippen molar-refractivity contribution in [2.75, 3.05) is 0 Å². The Bertz CT molecular complexity index is 299. The van der Waals surface area contributed by atoms with Gasteiger partial charge in [0.05, 0.1) is 6.54 Å². The predicted octanol–water partition coefficient (Wildman–Crippen LogP) is 1.24. The number of hydrogen-bond acceptors (Lipinski definition) is 3. The van der Waals surface area contributed by atoms with E-state index in [-0.39, 0.29) is 0 Å². The van der Waals surface area contributed by atoms with Crippen molar-refractivity contribution in [2.45, 2.75) is 44.7 Å². The predicted molar refractivity (Wildman–Crippen MR) is 54.7 cm³/mol. The van der Waals surface area contributed by atoms with E-state index in [9.17, 15) is 0 Å². The first-order valence-electron chi connectivity index (χ1n) is 5.28. The Morgan fingerprint density at radius 3 is 2.79 bits per heavy atom. The van der Waals surface area contributed by atoms with Crippen LogP contribution in [0.25, 0.3) is 0 Å². The molecule has 0 amide bonds. The standard InChI is InChI=1S/C10H18N4/c1-10(5-3-4-6-10)11-7-9-13-12-8-14(9)2/h8,11H,3-7H2,1-2H3. The molecule has 2 rings (SSSR count). The first-order chi connectivity index (χ1) is 6.70. The maximum absolute atomic E-state index is 4.06. The van der Waals surface area contributed by atoms with E-state index >= 15 is 0 Å². The lowest BCUT2D eigenvalue weighted by Gasteiger charge is -2.24. The second kappa shape index (κ2) is 3.69. The summed E-state index contributed by atoms with van der Waals surface area (Å²) in [4.78, 5) is 0. The van der Waals surface area contributed by atoms with Gasteiger partial charge in [-0.15, -0.1) is 10.2 Å². The van der Waals surface area contributed by atoms with E-state index in [2.05, 4.69) is 22.4 Å². The molecule has 0 radical (unpaired) electrons. The minimum atomic E-state index is 0.325. The third kappa shape index (κ3) is 1.95. The fraction of sp³-hybridized carbons (Fsp3) is 0.800. The van der Waals surface area contributed by atoms with Crippen LogP contribution < -0.4 is 5.32 Å². The molecule has 1 aliphatic carbocycles. The maximum atomic E-state index is 4.06. The molecular weight excluding hydrogens is 176 g/mol. The number of aromatic nitrogens is 3. The molecular formula is C10H18N4. The van der Waals surface area contributed by atoms with Crippen molar-refractivity contribution in [2.24, 2.45) is 7.05 Å². The summed E-state index contributed by atoms with van der Waals surface area (Å²) in [5.41, 5.74) is 0.325. The molecule has 1 aromatic rings. The van der Waals surface area contributed by atoms with Gasteiger partial charge >= 0.3 is 0 Å². The van der Waals surface area contributed by atoms with Gasteiger partial charge in [0.15, 0.2) is 0 Å². The van der Waals surface area contributed by atoms with Gasteiger partial charge in [-0.1, -0.05) is 12.8 Å². The first kappa shape index (κ1) is 9.65. The maximum Gasteiger partial charge on any atom is 0.146 e. The highest BCUT2D eigenvalue weighted by atomic mass is 15.3. The van der Waals surface area contributed by atoms with Gasteiger partial charge in [0, 0.05) is 12.6 Å². The van der Waals surface area contributed by atoms with Crippen LogP contribution in [0.3, 0.4) is 0 Å². The summed E-state index contributed by atoms with van der Waals surface area (Å²) in [5, 5.41) is 11.5. The summed E-state index contributed by atoms with van der Waals surface area (Å²) in [7, 11) is 1.98. The molecule has 0 unspecified atom stereocenters. The zero-order valence-electron chi connectivity index (χ0n) is 8.95. The van der Waals surface area contributed by atoms with Crippen LogP contribution in [-0.2, 0) is 13.6 Å². The van der Waals surface area contributed by atoms with Crippen molar-refractivity contribution >= 4 is 0 Å². The first-order valence-corrected chi connectivity index (χ1v) is 5.28. The van der Waals surface area contributed by atoms with Crippen molar-refractivity contribution in [3.8, 4) is 0 Å². The molecule has 1 aliphatic rings. The van der Waals surface area contributed by atoms with Crippen LogP contribution in [0.15, 0.2) is 6.33 Å². The Hall–Kier alpha value is -0.900. The van der Waals surface area contributed by atoms with Crippen molar-refractivity contribution in [3.05, 3.63) is 12.2 Å². The molecule has 1 saturated carbocycles. The second-order valence-electron chi connectivity index (χ2n) is 4.48. The molecule has 0 spiro atoms. The lowest BCUT2D eigenvalue weighted by Crippen LogP contribution is -2.39. The molecule has 0 aliphatic heterocycles. The summed E-state index contributed by atoms with van der Waals surface area (Å²) in [6.45, 7) is 3.13. The summed E-state index contributed by atoms with van der Waals surface area (Å²) in [6.07, 6.45) is 7.01. The highest BCUT2D eigenvalue weighted by Gasteiger charge is 2.27. The molecule has 0 bridgehead atoms. The average Bonchev–Trinajstić information content (AvgIpc) is 2.73. The van der Waals surface area contributed by atoms with Crippen LogP contribution >= 0.6 is 0 Å². The van der Waals surface area contributed by atoms with E-state index in [1.807, 2.05) is 11.6 Å². The van der Waals surface area contributed by atoms with Crippen LogP contribution in [0.4, 0.5) is 0 Å². The molecule has 0 saturated heterocycles. The Kier molecular flexibility index (Phi) is 2.54. The van der Waals surface area contributed by atoms with Crippen molar-refractivity contribution < 1.29 is 0 Å². The van der Waals surface area contributed by atoms with Gasteiger partial charge in [0.1, 0.15) is 12.2 Å². The Balaban J connectivity index is 1.91. The second-order valence-corrected chi connectivity index (χ2v) is 4.48. The summed E-state index contributed by atoms with van der Waals surface area (Å²) < 4.78 is 1.96. The summed E-state index contributed by atoms with van der Waals surface area (Å²) in [5.74, 6) is 1.01. The molecule has 78 valence electrons. The Morgan fingerprint density at radius 2 is 2.21 bits per heavy atom. The SMILES string of the molecule is Cn1cnnc1CNC1(C)CCCC1. The normalized spacial score (nSPS) is 20.1. The van der Waals surface area contributed by atoms with Gasteiger partial charge in [0.25, 0.3) is 0 Å². The number of hydrogen-bond donors (Lipinski definition) is 1. The molecule has 4 nitrogen and oxygen atoms in total. The van der Waals surface area contributed by atoms with Crippen LogP contribution in [0.2, 0.25) is 0 Å². The van der Waals surface area contributed by atoms with E-state index in [4.69, 9.17) is 0 Å². The van der Waals surface area contributed by atoms with Gasteiger partial charge in [-0.05, 0) is 19.8 Å². The largest absolute Gasteiger partial charge is 0.320 e. The number of nitrogens with zero attached hydrogens (tertiary/aromatic N) is 3. The van der Waals surface area contributed by atoms with E-state index < -0.39 is 0 Å². The number of aryl methyl sites for hydroxylation is 1. The minimum absolute atomic E-state index is 0.325. The molecule has 0 atom stereocenters. The van der Waals surface area contributed by atoms with Crippen LogP contribution in [0.1, 0.15) is 38.4 Å². The highest BCUT2D eigenvalue weighted by molar-refractivity contribution is 4.92. The van der Waals surface area contributed by atoms with Crippen LogP contribution in [-0.4, -0.2) is 20.3 Å². The number of nitrogens with one attached hydrogen (secondary N) is 1. The molecule has 1 fully saturated rings. The topological polar surface area (TPSA) is 42.7 Å². The zero-order valence-corrected chi connectivity index (χ0v) is 8.95. The fourth-order valence-electron chi connectivity index (χ4n) is 2.09. The van der Waals surface area contributed by atoms with Gasteiger partial charge < -0.3 is 9.88 Å². The molecule has 4 heteroatoms. The van der Waals surface area contributed by atoms with Gasteiger partial charge in [-0.3, -0.25) is 0 Å². The highest BCUT2D eigenvalue weighted by Crippen LogP contribution is 2.28. The Morgan fingerprint density at radius 1 is 1.50 bits per heavy atom. The van der Waals surface area contributed by atoms with Gasteiger partial charge in [-0.25, -0.2) is 0 Å². The summed E-state index contributed by atoms with van der Waals surface area (Å²) >= 11 is 0. The van der Waals surface area contributed by atoms with E-state index in [1.54, 1.807) is 6.33 Å². The molecule has 1 heterocycles. The van der Waals surface area contributed by atoms with Crippen LogP contribution in [0.5, 0.6) is 0 Å². The minimum Gasteiger partial charge on any atom is -0.320 e. The van der Waals surface area contributed by atoms with Crippen molar-refractivity contribution in [1.29, 1.82) is 0 Å². The number of rotatable bonds is 3. The lowest BCUT2D eigenvalue weighted by atomic mass is 10.0. The third-order valence-corrected chi connectivity index (χ3v) is 3.19. The van der Waals surface area contributed by atoms with E-state index in [0.29, 0.717) is 5.54 Å². The third-order valence-electron chi connectivity index (χ3n) is 3.19. The van der Waals surface area contributed by atoms with E-state index in [0.717, 1.165) is 12.4 Å². The molecule has 1 aromatic heterocycles. The van der Waals surface area contributed by atoms with Gasteiger partial charge in [0.2, 0.25) is 0 Å². The summed E-state index contributed by atoms with van der Waals surface area (Å²) in [6, 6.07) is 0. The quantitative estimate of drug-likeness (QED) is 0.787. The molecule has 1 N–H and O–H groups in total.